The summed E-state index contributed by atoms with van der Waals surface area (Å²) in [5, 5.41) is 24.3. The third kappa shape index (κ3) is 5.79. The molecule has 1 aromatic carbocycles. The number of fused-ring (bicyclic) bond motifs is 1. The van der Waals surface area contributed by atoms with E-state index in [-0.39, 0.29) is 37.1 Å². The smallest absolute Gasteiger partial charge is 0.255 e. The number of para-hydroxylation sites is 1. The molecule has 3 atom stereocenters. The summed E-state index contributed by atoms with van der Waals surface area (Å²) in [5.74, 6) is -1.99. The van der Waals surface area contributed by atoms with Gasteiger partial charge in [0.25, 0.3) is 5.91 Å². The van der Waals surface area contributed by atoms with Crippen LogP contribution in [0, 0.1) is 0 Å². The van der Waals surface area contributed by atoms with Crippen LogP contribution in [0.25, 0.3) is 0 Å². The van der Waals surface area contributed by atoms with Crippen LogP contribution in [-0.2, 0) is 14.4 Å². The summed E-state index contributed by atoms with van der Waals surface area (Å²) in [6, 6.07) is 3.68. The molecule has 0 radical (unpaired) electrons. The van der Waals surface area contributed by atoms with E-state index < -0.39 is 48.7 Å². The molecule has 11 nitrogen and oxygen atoms in total. The van der Waals surface area contributed by atoms with Crippen LogP contribution < -0.4 is 15.4 Å². The number of amides is 4. The molecule has 2 aliphatic heterocycles. The lowest BCUT2D eigenvalue weighted by Gasteiger charge is -2.29. The summed E-state index contributed by atoms with van der Waals surface area (Å²) in [6.45, 7) is -0.196. The Balaban J connectivity index is 1.92. The van der Waals surface area contributed by atoms with E-state index >= 15 is 0 Å². The van der Waals surface area contributed by atoms with Crippen molar-refractivity contribution >= 4 is 23.6 Å². The molecule has 0 bridgehead atoms. The maximum Gasteiger partial charge on any atom is 0.255 e. The Morgan fingerprint density at radius 1 is 1.12 bits per heavy atom. The van der Waals surface area contributed by atoms with Crippen LogP contribution in [-0.4, -0.2) is 102 Å². The molecule has 0 saturated carbocycles. The molecule has 0 aromatic heterocycles. The normalized spacial score (nSPS) is 24.9. The third-order valence-electron chi connectivity index (χ3n) is 5.87. The Hall–Kier alpha value is -3.18. The zero-order valence-corrected chi connectivity index (χ0v) is 18.5. The molecular formula is C22H30N4O7. The first kappa shape index (κ1) is 24.5. The maximum absolute atomic E-state index is 13.2. The van der Waals surface area contributed by atoms with E-state index in [4.69, 9.17) is 4.74 Å². The predicted octanol–water partition coefficient (Wildman–Crippen LogP) is -1.51. The van der Waals surface area contributed by atoms with E-state index in [0.717, 1.165) is 0 Å². The van der Waals surface area contributed by atoms with E-state index in [1.54, 1.807) is 24.3 Å². The highest BCUT2D eigenvalue weighted by Gasteiger charge is 2.36. The number of rotatable bonds is 3. The van der Waals surface area contributed by atoms with Crippen LogP contribution in [0.1, 0.15) is 29.6 Å². The number of aliphatic hydroxyl groups excluding tert-OH is 2. The van der Waals surface area contributed by atoms with E-state index in [2.05, 4.69) is 10.6 Å². The minimum absolute atomic E-state index is 0.0763. The van der Waals surface area contributed by atoms with Crippen molar-refractivity contribution in [3.8, 4) is 5.75 Å². The molecule has 1 fully saturated rings. The third-order valence-corrected chi connectivity index (χ3v) is 5.87. The molecule has 180 valence electrons. The van der Waals surface area contributed by atoms with Gasteiger partial charge in [0.15, 0.2) is 0 Å². The average Bonchev–Trinajstić information content (AvgIpc) is 3.29. The first-order valence-corrected chi connectivity index (χ1v) is 10.9. The van der Waals surface area contributed by atoms with Crippen molar-refractivity contribution in [2.45, 2.75) is 37.4 Å². The number of likely N-dealkylation sites (N-methyl/N-ethyl adjacent to an activating group) is 1. The molecule has 4 amide bonds. The Bertz CT molecular complexity index is 893. The second-order valence-electron chi connectivity index (χ2n) is 8.15. The number of hydrogen-bond donors (Lipinski definition) is 4. The highest BCUT2D eigenvalue weighted by atomic mass is 16.5. The number of likely N-dealkylation sites (tertiary alicyclic amines) is 1. The highest BCUT2D eigenvalue weighted by molar-refractivity contribution is 6.01. The number of nitrogens with zero attached hydrogens (tertiary/aromatic N) is 2. The fourth-order valence-electron chi connectivity index (χ4n) is 4.02. The molecule has 0 aliphatic carbocycles. The number of carbonyl (C=O) groups excluding carboxylic acids is 4. The second-order valence-corrected chi connectivity index (χ2v) is 8.15. The maximum atomic E-state index is 13.2. The van der Waals surface area contributed by atoms with Crippen LogP contribution in [0.5, 0.6) is 5.75 Å². The number of ether oxygens (including phenoxy) is 1. The lowest BCUT2D eigenvalue weighted by Crippen LogP contribution is -2.55. The van der Waals surface area contributed by atoms with E-state index in [1.807, 2.05) is 0 Å². The minimum Gasteiger partial charge on any atom is -0.491 e. The van der Waals surface area contributed by atoms with Gasteiger partial charge in [-0.3, -0.25) is 19.2 Å². The Morgan fingerprint density at radius 3 is 2.61 bits per heavy atom. The summed E-state index contributed by atoms with van der Waals surface area (Å²) in [4.78, 5) is 54.4. The van der Waals surface area contributed by atoms with Gasteiger partial charge in [0.05, 0.1) is 37.8 Å². The largest absolute Gasteiger partial charge is 0.491 e. The van der Waals surface area contributed by atoms with Gasteiger partial charge < -0.3 is 35.4 Å². The molecule has 33 heavy (non-hydrogen) atoms. The lowest BCUT2D eigenvalue weighted by molar-refractivity contribution is -0.139. The van der Waals surface area contributed by atoms with E-state index in [0.29, 0.717) is 19.4 Å². The topological polar surface area (TPSA) is 149 Å². The van der Waals surface area contributed by atoms with Gasteiger partial charge in [-0.1, -0.05) is 12.1 Å². The minimum atomic E-state index is -1.23. The first-order valence-electron chi connectivity index (χ1n) is 10.9. The van der Waals surface area contributed by atoms with Crippen LogP contribution in [0.3, 0.4) is 0 Å². The second kappa shape index (κ2) is 11.1. The van der Waals surface area contributed by atoms with Crippen LogP contribution in [0.15, 0.2) is 24.3 Å². The fourth-order valence-corrected chi connectivity index (χ4v) is 4.02. The van der Waals surface area contributed by atoms with Crippen molar-refractivity contribution in [2.24, 2.45) is 0 Å². The van der Waals surface area contributed by atoms with Crippen LogP contribution >= 0.6 is 0 Å². The Kier molecular flexibility index (Phi) is 8.23. The molecule has 1 aromatic rings. The molecule has 0 spiro atoms. The van der Waals surface area contributed by atoms with Gasteiger partial charge in [0, 0.05) is 13.6 Å². The van der Waals surface area contributed by atoms with Gasteiger partial charge in [0.2, 0.25) is 17.7 Å². The molecular weight excluding hydrogens is 432 g/mol. The van der Waals surface area contributed by atoms with Crippen molar-refractivity contribution in [2.75, 3.05) is 40.0 Å². The molecule has 0 unspecified atom stereocenters. The summed E-state index contributed by atoms with van der Waals surface area (Å²) in [5.41, 5.74) is 0.190. The molecule has 3 rings (SSSR count). The monoisotopic (exact) mass is 462 g/mol. The van der Waals surface area contributed by atoms with Crippen molar-refractivity contribution < 1.29 is 34.1 Å². The predicted molar refractivity (Wildman–Crippen MR) is 116 cm³/mol. The molecule has 11 heteroatoms. The van der Waals surface area contributed by atoms with Crippen molar-refractivity contribution in [1.29, 1.82) is 0 Å². The average molecular weight is 463 g/mol. The summed E-state index contributed by atoms with van der Waals surface area (Å²) >= 11 is 0. The van der Waals surface area contributed by atoms with E-state index in [1.165, 1.54) is 16.8 Å². The number of nitrogens with one attached hydrogen (secondary N) is 2. The van der Waals surface area contributed by atoms with Crippen molar-refractivity contribution in [1.82, 2.24) is 20.4 Å². The van der Waals surface area contributed by atoms with Crippen LogP contribution in [0.2, 0.25) is 0 Å². The van der Waals surface area contributed by atoms with Gasteiger partial charge >= 0.3 is 0 Å². The lowest BCUT2D eigenvalue weighted by atomic mass is 10.1. The Morgan fingerprint density at radius 2 is 1.88 bits per heavy atom. The number of carbonyl (C=O) groups is 4. The Labute approximate surface area is 191 Å². The molecule has 1 saturated heterocycles. The van der Waals surface area contributed by atoms with Gasteiger partial charge in [0.1, 0.15) is 24.4 Å². The highest BCUT2D eigenvalue weighted by Crippen LogP contribution is 2.21. The van der Waals surface area contributed by atoms with Crippen molar-refractivity contribution in [3.63, 3.8) is 0 Å². The summed E-state index contributed by atoms with van der Waals surface area (Å²) in [6.07, 6.45) is 0.892. The number of aliphatic hydroxyl groups is 2. The van der Waals surface area contributed by atoms with Gasteiger partial charge in [-0.05, 0) is 25.0 Å². The first-order chi connectivity index (χ1) is 15.8. The van der Waals surface area contributed by atoms with Gasteiger partial charge in [-0.2, -0.15) is 0 Å². The zero-order chi connectivity index (χ0) is 24.0. The zero-order valence-electron chi connectivity index (χ0n) is 18.5. The van der Waals surface area contributed by atoms with Gasteiger partial charge in [-0.25, -0.2) is 0 Å². The van der Waals surface area contributed by atoms with Crippen LogP contribution in [0.4, 0.5) is 0 Å². The summed E-state index contributed by atoms with van der Waals surface area (Å²) in [7, 11) is 1.51. The molecule has 4 N–H and O–H groups in total. The molecule has 2 aliphatic rings. The summed E-state index contributed by atoms with van der Waals surface area (Å²) < 4.78 is 5.71. The fraction of sp³-hybridized carbons (Fsp3) is 0.545. The van der Waals surface area contributed by atoms with Gasteiger partial charge in [-0.15, -0.1) is 0 Å². The quantitative estimate of drug-likeness (QED) is 0.427. The SMILES string of the molecule is CN1CCOc2ccccc2C(=O)N[C@H](C(=O)N2CCC[C@H]2CO)CC(=O)N[C@@H](CO)C1=O. The standard InChI is InChI=1S/C22H30N4O7/c1-25-9-10-33-18-7-3-2-6-15(18)20(30)24-16(11-19(29)23-17(13-28)21(25)31)22(32)26-8-4-5-14(26)12-27/h2-3,6-7,14,16-17,27-28H,4-5,8-13H2,1H3,(H,23,29)(H,24,30)/t14-,16-,17-/m0/s1. The number of benzene rings is 1. The van der Waals surface area contributed by atoms with E-state index in [9.17, 15) is 29.4 Å². The van der Waals surface area contributed by atoms with Crippen molar-refractivity contribution in [3.05, 3.63) is 29.8 Å². The molecule has 2 heterocycles. The number of hydrogen-bond acceptors (Lipinski definition) is 7.